The summed E-state index contributed by atoms with van der Waals surface area (Å²) in [4.78, 5) is 8.78. The molecular weight excluding hydrogens is 300 g/mol. The third-order valence-corrected chi connectivity index (χ3v) is 3.87. The quantitative estimate of drug-likeness (QED) is 0.942. The summed E-state index contributed by atoms with van der Waals surface area (Å²) in [6, 6.07) is 2.30. The third-order valence-electron chi connectivity index (χ3n) is 2.72. The summed E-state index contributed by atoms with van der Waals surface area (Å²) < 4.78 is 2.96. The number of nitrogens with two attached hydrogens (primary N) is 1. The van der Waals surface area contributed by atoms with Crippen LogP contribution in [0.4, 0.5) is 5.95 Å². The molecule has 2 aromatic rings. The van der Waals surface area contributed by atoms with E-state index in [4.69, 9.17) is 5.73 Å². The minimum absolute atomic E-state index is 0.351. The number of nitrogen functional groups attached to an aromatic ring is 1. The van der Waals surface area contributed by atoms with E-state index in [9.17, 15) is 0 Å². The largest absolute Gasteiger partial charge is 0.369 e. The molecule has 17 heavy (non-hydrogen) atoms. The number of nitrogens with zero attached hydrogens (tertiary/aromatic N) is 3. The van der Waals surface area contributed by atoms with Crippen LogP contribution in [-0.2, 0) is 0 Å². The van der Waals surface area contributed by atoms with Crippen molar-refractivity contribution in [3.05, 3.63) is 16.7 Å². The fraction of sp³-hybridized carbons (Fsp3) is 0.455. The van der Waals surface area contributed by atoms with Crippen molar-refractivity contribution < 1.29 is 0 Å². The van der Waals surface area contributed by atoms with Gasteiger partial charge in [-0.3, -0.25) is 4.57 Å². The van der Waals surface area contributed by atoms with Crippen LogP contribution in [0.25, 0.3) is 11.2 Å². The van der Waals surface area contributed by atoms with Crippen LogP contribution in [0.3, 0.4) is 0 Å². The van der Waals surface area contributed by atoms with E-state index in [0.717, 1.165) is 27.8 Å². The summed E-state index contributed by atoms with van der Waals surface area (Å²) in [5, 5.41) is 0. The van der Waals surface area contributed by atoms with Crippen LogP contribution in [0.15, 0.2) is 16.7 Å². The van der Waals surface area contributed by atoms with Gasteiger partial charge in [-0.1, -0.05) is 6.92 Å². The van der Waals surface area contributed by atoms with Crippen LogP contribution in [-0.4, -0.2) is 26.5 Å². The molecule has 1 unspecified atom stereocenters. The highest BCUT2D eigenvalue weighted by atomic mass is 79.9. The van der Waals surface area contributed by atoms with Gasteiger partial charge in [0, 0.05) is 22.5 Å². The van der Waals surface area contributed by atoms with Crippen LogP contribution in [0.5, 0.6) is 0 Å². The summed E-state index contributed by atoms with van der Waals surface area (Å²) in [7, 11) is 0. The lowest BCUT2D eigenvalue weighted by Gasteiger charge is -2.17. The first-order valence-electron chi connectivity index (χ1n) is 5.45. The molecule has 0 saturated heterocycles. The predicted octanol–water partition coefficient (Wildman–Crippen LogP) is 3.09. The highest BCUT2D eigenvalue weighted by molar-refractivity contribution is 9.10. The Morgan fingerprint density at radius 1 is 1.59 bits per heavy atom. The van der Waals surface area contributed by atoms with Gasteiger partial charge in [-0.25, -0.2) is 9.97 Å². The lowest BCUT2D eigenvalue weighted by molar-refractivity contribution is 0.557. The molecule has 2 rings (SSSR count). The Balaban J connectivity index is 2.55. The topological polar surface area (TPSA) is 56.7 Å². The smallest absolute Gasteiger partial charge is 0.202 e. The Morgan fingerprint density at radius 3 is 3.00 bits per heavy atom. The second-order valence-electron chi connectivity index (χ2n) is 3.85. The summed E-state index contributed by atoms with van der Waals surface area (Å²) >= 11 is 5.21. The van der Waals surface area contributed by atoms with Crippen LogP contribution in [0, 0.1) is 0 Å². The Kier molecular flexibility index (Phi) is 3.93. The highest BCUT2D eigenvalue weighted by Gasteiger charge is 2.17. The zero-order chi connectivity index (χ0) is 12.4. The van der Waals surface area contributed by atoms with Crippen molar-refractivity contribution in [3.63, 3.8) is 0 Å². The number of halogens is 1. The fourth-order valence-corrected chi connectivity index (χ4v) is 2.99. The Labute approximate surface area is 113 Å². The van der Waals surface area contributed by atoms with Gasteiger partial charge >= 0.3 is 0 Å². The summed E-state index contributed by atoms with van der Waals surface area (Å²) in [6.07, 6.45) is 4.90. The number of hydrogen-bond acceptors (Lipinski definition) is 4. The SMILES string of the molecule is CCC(CSC)n1c(N)nc2cc(Br)cnc21. The van der Waals surface area contributed by atoms with Crippen molar-refractivity contribution in [2.75, 3.05) is 17.7 Å². The molecule has 0 aliphatic rings. The zero-order valence-electron chi connectivity index (χ0n) is 9.85. The van der Waals surface area contributed by atoms with Gasteiger partial charge in [0.15, 0.2) is 5.65 Å². The number of hydrogen-bond donors (Lipinski definition) is 1. The number of imidazole rings is 1. The lowest BCUT2D eigenvalue weighted by Crippen LogP contribution is -2.13. The molecule has 2 N–H and O–H groups in total. The molecule has 6 heteroatoms. The first-order chi connectivity index (χ1) is 8.17. The van der Waals surface area contributed by atoms with Crippen LogP contribution in [0.1, 0.15) is 19.4 Å². The van der Waals surface area contributed by atoms with Crippen molar-refractivity contribution >= 4 is 44.8 Å². The molecule has 0 fully saturated rings. The standard InChI is InChI=1S/C11H15BrN4S/c1-3-8(6-17-2)16-10-9(15-11(16)13)4-7(12)5-14-10/h4-5,8H,3,6H2,1-2H3,(H2,13,15). The monoisotopic (exact) mass is 314 g/mol. The third kappa shape index (κ3) is 2.42. The molecule has 0 aliphatic heterocycles. The van der Waals surface area contributed by atoms with E-state index < -0.39 is 0 Å². The summed E-state index contributed by atoms with van der Waals surface area (Å²) in [6.45, 7) is 2.16. The first-order valence-corrected chi connectivity index (χ1v) is 7.64. The minimum atomic E-state index is 0.351. The molecule has 1 atom stereocenters. The Hall–Kier alpha value is -0.750. The predicted molar refractivity (Wildman–Crippen MR) is 77.4 cm³/mol. The van der Waals surface area contributed by atoms with Gasteiger partial charge in [-0.05, 0) is 34.7 Å². The molecule has 0 aliphatic carbocycles. The minimum Gasteiger partial charge on any atom is -0.369 e. The van der Waals surface area contributed by atoms with E-state index in [1.807, 2.05) is 22.4 Å². The van der Waals surface area contributed by atoms with E-state index in [1.54, 1.807) is 6.20 Å². The molecule has 2 heterocycles. The molecule has 0 saturated carbocycles. The summed E-state index contributed by atoms with van der Waals surface area (Å²) in [5.74, 6) is 1.57. The van der Waals surface area contributed by atoms with Crippen LogP contribution in [0.2, 0.25) is 0 Å². The van der Waals surface area contributed by atoms with Crippen molar-refractivity contribution in [1.82, 2.24) is 14.5 Å². The van der Waals surface area contributed by atoms with Crippen LogP contribution >= 0.6 is 27.7 Å². The first kappa shape index (κ1) is 12.7. The van der Waals surface area contributed by atoms with Crippen LogP contribution < -0.4 is 5.73 Å². The molecule has 0 bridgehead atoms. The van der Waals surface area contributed by atoms with E-state index in [-0.39, 0.29) is 0 Å². The maximum atomic E-state index is 6.00. The van der Waals surface area contributed by atoms with E-state index in [2.05, 4.69) is 39.1 Å². The molecular formula is C11H15BrN4S. The Bertz CT molecular complexity index is 525. The van der Waals surface area contributed by atoms with Gasteiger partial charge in [0.25, 0.3) is 0 Å². The normalized spacial score (nSPS) is 13.1. The zero-order valence-corrected chi connectivity index (χ0v) is 12.3. The molecule has 0 amide bonds. The van der Waals surface area contributed by atoms with Gasteiger partial charge in [-0.2, -0.15) is 11.8 Å². The average molecular weight is 315 g/mol. The molecule has 0 spiro atoms. The van der Waals surface area contributed by atoms with Gasteiger partial charge in [0.05, 0.1) is 0 Å². The number of aromatic nitrogens is 3. The maximum Gasteiger partial charge on any atom is 0.202 e. The van der Waals surface area contributed by atoms with E-state index in [0.29, 0.717) is 12.0 Å². The van der Waals surface area contributed by atoms with Crippen molar-refractivity contribution in [2.24, 2.45) is 0 Å². The molecule has 0 radical (unpaired) electrons. The Morgan fingerprint density at radius 2 is 2.35 bits per heavy atom. The van der Waals surface area contributed by atoms with E-state index in [1.165, 1.54) is 0 Å². The number of rotatable bonds is 4. The lowest BCUT2D eigenvalue weighted by atomic mass is 10.2. The van der Waals surface area contributed by atoms with Gasteiger partial charge < -0.3 is 5.73 Å². The molecule has 2 aromatic heterocycles. The number of thioether (sulfide) groups is 1. The highest BCUT2D eigenvalue weighted by Crippen LogP contribution is 2.26. The molecule has 0 aromatic carbocycles. The number of anilines is 1. The maximum absolute atomic E-state index is 6.00. The fourth-order valence-electron chi connectivity index (χ4n) is 1.90. The van der Waals surface area contributed by atoms with Gasteiger partial charge in [0.2, 0.25) is 5.95 Å². The van der Waals surface area contributed by atoms with Gasteiger partial charge in [0.1, 0.15) is 5.52 Å². The van der Waals surface area contributed by atoms with Crippen molar-refractivity contribution in [3.8, 4) is 0 Å². The number of fused-ring (bicyclic) bond motifs is 1. The summed E-state index contributed by atoms with van der Waals surface area (Å²) in [5.41, 5.74) is 7.71. The second kappa shape index (κ2) is 5.27. The average Bonchev–Trinajstić information content (AvgIpc) is 2.61. The molecule has 4 nitrogen and oxygen atoms in total. The van der Waals surface area contributed by atoms with Gasteiger partial charge in [-0.15, -0.1) is 0 Å². The number of pyridine rings is 1. The molecule has 92 valence electrons. The van der Waals surface area contributed by atoms with Crippen molar-refractivity contribution in [1.29, 1.82) is 0 Å². The van der Waals surface area contributed by atoms with Crippen molar-refractivity contribution in [2.45, 2.75) is 19.4 Å². The van der Waals surface area contributed by atoms with E-state index >= 15 is 0 Å². The second-order valence-corrected chi connectivity index (χ2v) is 5.68.